The minimum absolute atomic E-state index is 0.107. The number of ether oxygens (including phenoxy) is 2. The van der Waals surface area contributed by atoms with E-state index in [4.69, 9.17) is 14.7 Å². The molecule has 0 radical (unpaired) electrons. The summed E-state index contributed by atoms with van der Waals surface area (Å²) in [4.78, 5) is 23.5. The number of anilines is 1. The van der Waals surface area contributed by atoms with Crippen LogP contribution >= 0.6 is 0 Å². The molecule has 2 aromatic rings. The van der Waals surface area contributed by atoms with Crippen molar-refractivity contribution < 1.29 is 19.1 Å². The van der Waals surface area contributed by atoms with Gasteiger partial charge in [-0.3, -0.25) is 4.79 Å². The van der Waals surface area contributed by atoms with Crippen LogP contribution in [-0.2, 0) is 16.1 Å². The molecular weight excluding hydrogens is 320 g/mol. The van der Waals surface area contributed by atoms with E-state index in [0.717, 1.165) is 5.56 Å². The zero-order chi connectivity index (χ0) is 18.1. The Labute approximate surface area is 146 Å². The van der Waals surface area contributed by atoms with Crippen molar-refractivity contribution in [3.63, 3.8) is 0 Å². The molecule has 6 nitrogen and oxygen atoms in total. The lowest BCUT2D eigenvalue weighted by atomic mass is 10.2. The van der Waals surface area contributed by atoms with Gasteiger partial charge in [0.15, 0.2) is 0 Å². The molecule has 6 heteroatoms. The lowest BCUT2D eigenvalue weighted by molar-refractivity contribution is -0.115. The average Bonchev–Trinajstić information content (AvgIpc) is 2.62. The molecule has 0 heterocycles. The molecular formula is C19H18N2O4. The zero-order valence-corrected chi connectivity index (χ0v) is 13.8. The van der Waals surface area contributed by atoms with Crippen molar-refractivity contribution in [3.8, 4) is 11.8 Å². The number of esters is 1. The smallest absolute Gasteiger partial charge is 0.338 e. The lowest BCUT2D eigenvalue weighted by Crippen LogP contribution is -2.10. The molecule has 0 saturated heterocycles. The van der Waals surface area contributed by atoms with E-state index in [9.17, 15) is 9.59 Å². The van der Waals surface area contributed by atoms with Gasteiger partial charge in [0.1, 0.15) is 18.8 Å². The zero-order valence-electron chi connectivity index (χ0n) is 13.8. The SMILES string of the molecule is CCOc1ccccc1COC(=O)c1ccc(NC(=O)CC#N)cc1. The first-order chi connectivity index (χ1) is 12.1. The van der Waals surface area contributed by atoms with Crippen molar-refractivity contribution in [1.82, 2.24) is 0 Å². The molecule has 0 aromatic heterocycles. The molecule has 0 unspecified atom stereocenters. The molecule has 128 valence electrons. The summed E-state index contributed by atoms with van der Waals surface area (Å²) < 4.78 is 10.8. The Morgan fingerprint density at radius 1 is 1.12 bits per heavy atom. The van der Waals surface area contributed by atoms with Crippen LogP contribution in [0.1, 0.15) is 29.3 Å². The number of nitriles is 1. The number of carbonyl (C=O) groups excluding carboxylic acids is 2. The van der Waals surface area contributed by atoms with Crippen LogP contribution in [0.5, 0.6) is 5.75 Å². The lowest BCUT2D eigenvalue weighted by Gasteiger charge is -2.10. The van der Waals surface area contributed by atoms with E-state index in [2.05, 4.69) is 5.32 Å². The summed E-state index contributed by atoms with van der Waals surface area (Å²) in [6.07, 6.45) is -0.219. The number of hydrogen-bond donors (Lipinski definition) is 1. The minimum atomic E-state index is -0.471. The van der Waals surface area contributed by atoms with Gasteiger partial charge >= 0.3 is 5.97 Å². The number of benzene rings is 2. The third-order valence-electron chi connectivity index (χ3n) is 3.28. The fourth-order valence-corrected chi connectivity index (χ4v) is 2.11. The number of para-hydroxylation sites is 1. The van der Waals surface area contributed by atoms with Gasteiger partial charge in [-0.05, 0) is 37.3 Å². The van der Waals surface area contributed by atoms with Gasteiger partial charge in [-0.1, -0.05) is 18.2 Å². The van der Waals surface area contributed by atoms with Gasteiger partial charge in [-0.25, -0.2) is 4.79 Å². The van der Waals surface area contributed by atoms with Gasteiger partial charge in [-0.2, -0.15) is 5.26 Å². The first kappa shape index (κ1) is 18.0. The topological polar surface area (TPSA) is 88.4 Å². The highest BCUT2D eigenvalue weighted by molar-refractivity contribution is 5.93. The van der Waals surface area contributed by atoms with E-state index < -0.39 is 11.9 Å². The Kier molecular flexibility index (Phi) is 6.55. The van der Waals surface area contributed by atoms with Gasteiger partial charge in [0.05, 0.1) is 18.2 Å². The Balaban J connectivity index is 1.95. The Bertz CT molecular complexity index is 779. The highest BCUT2D eigenvalue weighted by Gasteiger charge is 2.10. The molecule has 1 N–H and O–H groups in total. The third-order valence-corrected chi connectivity index (χ3v) is 3.28. The Hall–Kier alpha value is -3.33. The average molecular weight is 338 g/mol. The number of nitrogens with one attached hydrogen (secondary N) is 1. The van der Waals surface area contributed by atoms with Crippen LogP contribution in [0.3, 0.4) is 0 Å². The van der Waals surface area contributed by atoms with Crippen LogP contribution in [0.4, 0.5) is 5.69 Å². The first-order valence-corrected chi connectivity index (χ1v) is 7.78. The molecule has 1 amide bonds. The molecule has 0 bridgehead atoms. The summed E-state index contributed by atoms with van der Waals surface area (Å²) in [6.45, 7) is 2.53. The number of amides is 1. The molecule has 0 fully saturated rings. The molecule has 0 saturated carbocycles. The monoisotopic (exact) mass is 338 g/mol. The Morgan fingerprint density at radius 2 is 1.84 bits per heavy atom. The molecule has 0 aliphatic carbocycles. The summed E-state index contributed by atoms with van der Waals surface area (Å²) in [6, 6.07) is 15.4. The van der Waals surface area contributed by atoms with Crippen LogP contribution in [0.2, 0.25) is 0 Å². The quantitative estimate of drug-likeness (QED) is 0.783. The second-order valence-corrected chi connectivity index (χ2v) is 5.08. The van der Waals surface area contributed by atoms with Crippen molar-refractivity contribution in [2.24, 2.45) is 0 Å². The number of nitrogens with zero attached hydrogens (tertiary/aromatic N) is 1. The third kappa shape index (κ3) is 5.36. The van der Waals surface area contributed by atoms with Crippen LogP contribution in [0.25, 0.3) is 0 Å². The van der Waals surface area contributed by atoms with E-state index in [0.29, 0.717) is 23.6 Å². The molecule has 0 aliphatic rings. The van der Waals surface area contributed by atoms with Crippen molar-refractivity contribution in [1.29, 1.82) is 5.26 Å². The fraction of sp³-hybridized carbons (Fsp3) is 0.211. The van der Waals surface area contributed by atoms with Gasteiger partial charge in [0, 0.05) is 11.3 Å². The second-order valence-electron chi connectivity index (χ2n) is 5.08. The summed E-state index contributed by atoms with van der Waals surface area (Å²) in [7, 11) is 0. The minimum Gasteiger partial charge on any atom is -0.493 e. The van der Waals surface area contributed by atoms with Crippen molar-refractivity contribution in [3.05, 3.63) is 59.7 Å². The molecule has 2 aromatic carbocycles. The van der Waals surface area contributed by atoms with Crippen molar-refractivity contribution in [2.45, 2.75) is 20.0 Å². The predicted octanol–water partition coefficient (Wildman–Crippen LogP) is 3.29. The van der Waals surface area contributed by atoms with Gasteiger partial charge < -0.3 is 14.8 Å². The van der Waals surface area contributed by atoms with E-state index in [-0.39, 0.29) is 13.0 Å². The fourth-order valence-electron chi connectivity index (χ4n) is 2.11. The molecule has 2 rings (SSSR count). The van der Waals surface area contributed by atoms with Crippen LogP contribution in [0.15, 0.2) is 48.5 Å². The van der Waals surface area contributed by atoms with E-state index >= 15 is 0 Å². The summed E-state index contributed by atoms with van der Waals surface area (Å²) in [5.41, 5.74) is 1.67. The van der Waals surface area contributed by atoms with Gasteiger partial charge in [-0.15, -0.1) is 0 Å². The summed E-state index contributed by atoms with van der Waals surface area (Å²) in [5, 5.41) is 11.0. The van der Waals surface area contributed by atoms with Crippen LogP contribution < -0.4 is 10.1 Å². The highest BCUT2D eigenvalue weighted by atomic mass is 16.5. The molecule has 25 heavy (non-hydrogen) atoms. The number of carbonyl (C=O) groups is 2. The second kappa shape index (κ2) is 9.08. The maximum atomic E-state index is 12.1. The summed E-state index contributed by atoms with van der Waals surface area (Å²) >= 11 is 0. The number of hydrogen-bond acceptors (Lipinski definition) is 5. The van der Waals surface area contributed by atoms with E-state index in [1.54, 1.807) is 30.3 Å². The van der Waals surface area contributed by atoms with Crippen molar-refractivity contribution in [2.75, 3.05) is 11.9 Å². The van der Waals surface area contributed by atoms with Gasteiger partial charge in [0.25, 0.3) is 0 Å². The Morgan fingerprint density at radius 3 is 2.52 bits per heavy atom. The standard InChI is InChI=1S/C19H18N2O4/c1-2-24-17-6-4-3-5-15(17)13-25-19(23)14-7-9-16(10-8-14)21-18(22)11-12-20/h3-10H,2,11,13H2,1H3,(H,21,22). The number of rotatable bonds is 7. The largest absolute Gasteiger partial charge is 0.493 e. The van der Waals surface area contributed by atoms with E-state index in [1.165, 1.54) is 0 Å². The van der Waals surface area contributed by atoms with Crippen LogP contribution in [0, 0.1) is 11.3 Å². The first-order valence-electron chi connectivity index (χ1n) is 7.78. The normalized spacial score (nSPS) is 9.76. The van der Waals surface area contributed by atoms with Crippen LogP contribution in [-0.4, -0.2) is 18.5 Å². The maximum absolute atomic E-state index is 12.1. The van der Waals surface area contributed by atoms with Crippen molar-refractivity contribution >= 4 is 17.6 Å². The molecule has 0 aliphatic heterocycles. The predicted molar refractivity (Wildman–Crippen MR) is 92.0 cm³/mol. The summed E-state index contributed by atoms with van der Waals surface area (Å²) in [5.74, 6) is -0.181. The van der Waals surface area contributed by atoms with Gasteiger partial charge in [0.2, 0.25) is 5.91 Å². The maximum Gasteiger partial charge on any atom is 0.338 e. The highest BCUT2D eigenvalue weighted by Crippen LogP contribution is 2.19. The molecule has 0 atom stereocenters. The van der Waals surface area contributed by atoms with E-state index in [1.807, 2.05) is 31.2 Å². The molecule has 0 spiro atoms.